The SMILES string of the molecule is Cc1ccc(NC(=O)c2ccc(NCCCN(C)C)nn2)cc1Br. The van der Waals surface area contributed by atoms with E-state index in [0.717, 1.165) is 29.5 Å². The molecule has 1 heterocycles. The number of hydrogen-bond acceptors (Lipinski definition) is 5. The van der Waals surface area contributed by atoms with E-state index in [1.165, 1.54) is 0 Å². The maximum absolute atomic E-state index is 12.2. The predicted octanol–water partition coefficient (Wildman–Crippen LogP) is 3.16. The molecule has 2 N–H and O–H groups in total. The summed E-state index contributed by atoms with van der Waals surface area (Å²) in [5.74, 6) is 0.390. The van der Waals surface area contributed by atoms with Gasteiger partial charge in [-0.2, -0.15) is 0 Å². The van der Waals surface area contributed by atoms with Crippen molar-refractivity contribution < 1.29 is 4.79 Å². The molecule has 0 spiro atoms. The summed E-state index contributed by atoms with van der Waals surface area (Å²) in [6.45, 7) is 3.81. The van der Waals surface area contributed by atoms with Crippen LogP contribution in [0.25, 0.3) is 0 Å². The van der Waals surface area contributed by atoms with Gasteiger partial charge in [-0.25, -0.2) is 0 Å². The summed E-state index contributed by atoms with van der Waals surface area (Å²) in [6.07, 6.45) is 1.01. The van der Waals surface area contributed by atoms with Crippen molar-refractivity contribution >= 4 is 33.3 Å². The Morgan fingerprint density at radius 3 is 2.62 bits per heavy atom. The number of halogens is 1. The molecule has 0 atom stereocenters. The number of nitrogens with one attached hydrogen (secondary N) is 2. The van der Waals surface area contributed by atoms with E-state index in [0.29, 0.717) is 11.5 Å². The molecule has 24 heavy (non-hydrogen) atoms. The number of aromatic nitrogens is 2. The van der Waals surface area contributed by atoms with Crippen molar-refractivity contribution in [1.82, 2.24) is 15.1 Å². The molecular formula is C17H22BrN5O. The summed E-state index contributed by atoms with van der Waals surface area (Å²) < 4.78 is 0.948. The Bertz CT molecular complexity index is 688. The zero-order chi connectivity index (χ0) is 17.5. The first kappa shape index (κ1) is 18.4. The number of carbonyl (C=O) groups is 1. The van der Waals surface area contributed by atoms with Crippen molar-refractivity contribution in [2.45, 2.75) is 13.3 Å². The third kappa shape index (κ3) is 5.58. The standard InChI is InChI=1S/C17H22BrN5O/c1-12-5-6-13(11-14(12)18)20-17(24)15-7-8-16(22-21-15)19-9-4-10-23(2)3/h5-8,11H,4,9-10H2,1-3H3,(H,19,22)(H,20,24). The quantitative estimate of drug-likeness (QED) is 0.709. The molecule has 2 aromatic rings. The van der Waals surface area contributed by atoms with Crippen molar-refractivity contribution in [3.63, 3.8) is 0 Å². The highest BCUT2D eigenvalue weighted by atomic mass is 79.9. The van der Waals surface area contributed by atoms with E-state index in [2.05, 4.69) is 41.7 Å². The van der Waals surface area contributed by atoms with Gasteiger partial charge in [0.2, 0.25) is 0 Å². The highest BCUT2D eigenvalue weighted by Gasteiger charge is 2.09. The molecule has 0 saturated heterocycles. The topological polar surface area (TPSA) is 70.2 Å². The maximum Gasteiger partial charge on any atom is 0.276 e. The summed E-state index contributed by atoms with van der Waals surface area (Å²) in [5, 5.41) is 14.0. The smallest absolute Gasteiger partial charge is 0.276 e. The molecule has 0 aliphatic rings. The zero-order valence-corrected chi connectivity index (χ0v) is 15.7. The van der Waals surface area contributed by atoms with E-state index in [-0.39, 0.29) is 11.6 Å². The van der Waals surface area contributed by atoms with Gasteiger partial charge in [-0.1, -0.05) is 22.0 Å². The second-order valence-electron chi connectivity index (χ2n) is 5.81. The van der Waals surface area contributed by atoms with Gasteiger partial charge in [0.25, 0.3) is 5.91 Å². The average Bonchev–Trinajstić information content (AvgIpc) is 2.55. The van der Waals surface area contributed by atoms with Crippen LogP contribution >= 0.6 is 15.9 Å². The van der Waals surface area contributed by atoms with E-state index in [1.807, 2.05) is 39.2 Å². The molecule has 0 bridgehead atoms. The van der Waals surface area contributed by atoms with Gasteiger partial charge >= 0.3 is 0 Å². The van der Waals surface area contributed by atoms with Gasteiger partial charge in [-0.15, -0.1) is 10.2 Å². The Hall–Kier alpha value is -1.99. The molecule has 0 saturated carbocycles. The molecule has 7 heteroatoms. The van der Waals surface area contributed by atoms with E-state index in [1.54, 1.807) is 12.1 Å². The van der Waals surface area contributed by atoms with Crippen LogP contribution in [0.5, 0.6) is 0 Å². The lowest BCUT2D eigenvalue weighted by Gasteiger charge is -2.10. The van der Waals surface area contributed by atoms with Crippen LogP contribution in [0.15, 0.2) is 34.8 Å². The molecule has 128 valence electrons. The summed E-state index contributed by atoms with van der Waals surface area (Å²) in [4.78, 5) is 14.3. The lowest BCUT2D eigenvalue weighted by Crippen LogP contribution is -2.17. The summed E-state index contributed by atoms with van der Waals surface area (Å²) in [6, 6.07) is 9.09. The molecule has 6 nitrogen and oxygen atoms in total. The Morgan fingerprint density at radius 2 is 2.00 bits per heavy atom. The number of benzene rings is 1. The number of hydrogen-bond donors (Lipinski definition) is 2. The maximum atomic E-state index is 12.2. The fourth-order valence-electron chi connectivity index (χ4n) is 2.03. The number of nitrogens with zero attached hydrogens (tertiary/aromatic N) is 3. The third-order valence-electron chi connectivity index (χ3n) is 3.42. The number of amides is 1. The number of carbonyl (C=O) groups excluding carboxylic acids is 1. The molecule has 1 amide bonds. The molecule has 1 aromatic heterocycles. The van der Waals surface area contributed by atoms with Crippen molar-refractivity contribution in [1.29, 1.82) is 0 Å². The van der Waals surface area contributed by atoms with Crippen LogP contribution in [0, 0.1) is 6.92 Å². The minimum Gasteiger partial charge on any atom is -0.369 e. The minimum absolute atomic E-state index is 0.280. The fraction of sp³-hybridized carbons (Fsp3) is 0.353. The van der Waals surface area contributed by atoms with E-state index in [4.69, 9.17) is 0 Å². The van der Waals surface area contributed by atoms with Crippen molar-refractivity contribution in [2.75, 3.05) is 37.8 Å². The van der Waals surface area contributed by atoms with Crippen LogP contribution in [-0.4, -0.2) is 48.2 Å². The number of anilines is 2. The third-order valence-corrected chi connectivity index (χ3v) is 4.27. The molecule has 0 fully saturated rings. The van der Waals surface area contributed by atoms with Gasteiger partial charge in [0.15, 0.2) is 5.69 Å². The molecule has 0 unspecified atom stereocenters. The summed E-state index contributed by atoms with van der Waals surface area (Å²) >= 11 is 3.45. The van der Waals surface area contributed by atoms with E-state index in [9.17, 15) is 4.79 Å². The highest BCUT2D eigenvalue weighted by Crippen LogP contribution is 2.21. The second kappa shape index (κ2) is 8.75. The number of rotatable bonds is 7. The van der Waals surface area contributed by atoms with Gasteiger partial charge in [0.05, 0.1) is 0 Å². The first-order chi connectivity index (χ1) is 11.5. The minimum atomic E-state index is -0.280. The zero-order valence-electron chi connectivity index (χ0n) is 14.1. The van der Waals surface area contributed by atoms with E-state index < -0.39 is 0 Å². The van der Waals surface area contributed by atoms with Crippen LogP contribution < -0.4 is 10.6 Å². The highest BCUT2D eigenvalue weighted by molar-refractivity contribution is 9.10. The van der Waals surface area contributed by atoms with Gasteiger partial charge in [-0.3, -0.25) is 4.79 Å². The summed E-state index contributed by atoms with van der Waals surface area (Å²) in [7, 11) is 4.08. The molecule has 0 aliphatic heterocycles. The van der Waals surface area contributed by atoms with Gasteiger partial charge in [0.1, 0.15) is 5.82 Å². The average molecular weight is 392 g/mol. The van der Waals surface area contributed by atoms with Crippen molar-refractivity contribution in [3.05, 3.63) is 46.1 Å². The van der Waals surface area contributed by atoms with Crippen LogP contribution in [0.1, 0.15) is 22.5 Å². The molecule has 0 radical (unpaired) electrons. The Kier molecular flexibility index (Phi) is 6.69. The van der Waals surface area contributed by atoms with Crippen LogP contribution in [-0.2, 0) is 0 Å². The second-order valence-corrected chi connectivity index (χ2v) is 6.66. The van der Waals surface area contributed by atoms with Crippen molar-refractivity contribution in [2.24, 2.45) is 0 Å². The largest absolute Gasteiger partial charge is 0.369 e. The van der Waals surface area contributed by atoms with E-state index >= 15 is 0 Å². The lowest BCUT2D eigenvalue weighted by molar-refractivity contribution is 0.102. The van der Waals surface area contributed by atoms with Crippen molar-refractivity contribution in [3.8, 4) is 0 Å². The van der Waals surface area contributed by atoms with Crippen LogP contribution in [0.4, 0.5) is 11.5 Å². The van der Waals surface area contributed by atoms with Gasteiger partial charge < -0.3 is 15.5 Å². The lowest BCUT2D eigenvalue weighted by atomic mass is 10.2. The molecule has 1 aromatic carbocycles. The Labute approximate surface area is 150 Å². The normalized spacial score (nSPS) is 10.7. The summed E-state index contributed by atoms with van der Waals surface area (Å²) in [5.41, 5.74) is 2.10. The monoisotopic (exact) mass is 391 g/mol. The Balaban J connectivity index is 1.89. The first-order valence-corrected chi connectivity index (χ1v) is 8.55. The number of aryl methyl sites for hydroxylation is 1. The van der Waals surface area contributed by atoms with Gasteiger partial charge in [-0.05, 0) is 63.8 Å². The van der Waals surface area contributed by atoms with Crippen LogP contribution in [0.2, 0.25) is 0 Å². The van der Waals surface area contributed by atoms with Crippen LogP contribution in [0.3, 0.4) is 0 Å². The Morgan fingerprint density at radius 1 is 1.21 bits per heavy atom. The molecular weight excluding hydrogens is 370 g/mol. The molecule has 0 aliphatic carbocycles. The fourth-order valence-corrected chi connectivity index (χ4v) is 2.40. The van der Waals surface area contributed by atoms with Gasteiger partial charge in [0, 0.05) is 16.7 Å². The molecule has 2 rings (SSSR count). The first-order valence-electron chi connectivity index (χ1n) is 7.75. The predicted molar refractivity (Wildman–Crippen MR) is 101 cm³/mol.